The van der Waals surface area contributed by atoms with Crippen LogP contribution < -0.4 is 0 Å². The Balaban J connectivity index is 1.70. The molecule has 5 fully saturated rings. The van der Waals surface area contributed by atoms with Crippen LogP contribution in [0.4, 0.5) is 0 Å². The highest BCUT2D eigenvalue weighted by Crippen LogP contribution is 2.74. The van der Waals surface area contributed by atoms with E-state index >= 15 is 0 Å². The first-order valence-electron chi connectivity index (χ1n) is 9.04. The normalized spacial score (nSPS) is 56.9. The van der Waals surface area contributed by atoms with Gasteiger partial charge < -0.3 is 44.5 Å². The Morgan fingerprint density at radius 2 is 1.89 bits per heavy atom. The van der Waals surface area contributed by atoms with Crippen LogP contribution in [-0.2, 0) is 23.7 Å². The van der Waals surface area contributed by atoms with Crippen molar-refractivity contribution in [2.45, 2.75) is 68.0 Å². The third kappa shape index (κ3) is 2.13. The van der Waals surface area contributed by atoms with E-state index in [1.54, 1.807) is 6.92 Å². The monoisotopic (exact) mass is 390 g/mol. The summed E-state index contributed by atoms with van der Waals surface area (Å²) < 4.78 is 23.0. The molecule has 0 aromatic rings. The van der Waals surface area contributed by atoms with Crippen LogP contribution in [0.25, 0.3) is 0 Å². The van der Waals surface area contributed by atoms with E-state index in [9.17, 15) is 30.3 Å². The highest BCUT2D eigenvalue weighted by molar-refractivity contribution is 5.88. The summed E-state index contributed by atoms with van der Waals surface area (Å²) in [5.41, 5.74) is -3.48. The maximum Gasteiger partial charge on any atom is 0.187 e. The zero-order valence-electron chi connectivity index (χ0n) is 15.1. The minimum absolute atomic E-state index is 0.0506. The van der Waals surface area contributed by atoms with Crippen LogP contribution in [-0.4, -0.2) is 99.8 Å². The summed E-state index contributed by atoms with van der Waals surface area (Å²) in [6.45, 7) is 0.668. The quantitative estimate of drug-likeness (QED) is 0.334. The van der Waals surface area contributed by atoms with E-state index in [0.29, 0.717) is 0 Å². The Kier molecular flexibility index (Phi) is 4.47. The number of carbonyl (C=O) groups excluding carboxylic acids is 1. The third-order valence-corrected chi connectivity index (χ3v) is 7.05. The van der Waals surface area contributed by atoms with Crippen LogP contribution in [0.5, 0.6) is 0 Å². The molecular weight excluding hydrogens is 364 g/mol. The fourth-order valence-corrected chi connectivity index (χ4v) is 5.57. The third-order valence-electron chi connectivity index (χ3n) is 7.05. The number of methoxy groups -OCH3 is 1. The molecule has 0 aromatic heterocycles. The molecule has 2 aliphatic heterocycles. The molecule has 5 N–H and O–H groups in total. The lowest BCUT2D eigenvalue weighted by Gasteiger charge is -2.66. The zero-order valence-corrected chi connectivity index (χ0v) is 15.1. The van der Waals surface area contributed by atoms with Gasteiger partial charge in [-0.05, 0) is 13.3 Å². The lowest BCUT2D eigenvalue weighted by atomic mass is 9.41. The van der Waals surface area contributed by atoms with Gasteiger partial charge in [-0.3, -0.25) is 4.79 Å². The highest BCUT2D eigenvalue weighted by atomic mass is 16.8. The van der Waals surface area contributed by atoms with E-state index in [0.717, 1.165) is 0 Å². The standard InChI is InChI=1S/C17H26O10/c1-15-4-8(20)7-3-17(15,16(7,6-19)14(24-2)27-15)26-13-12(23)11(22)10(21)9(5-18)25-13/h7,9-14,18-19,21-23H,3-6H2,1-2H3/t7-,9-,10-,11+,12-,13+,14?,15+,16?,17-/m1/s1. The van der Waals surface area contributed by atoms with Crippen LogP contribution >= 0.6 is 0 Å². The summed E-state index contributed by atoms with van der Waals surface area (Å²) in [5.74, 6) is -0.571. The number of aliphatic hydroxyl groups excluding tert-OH is 5. The van der Waals surface area contributed by atoms with E-state index in [-0.39, 0.29) is 18.6 Å². The van der Waals surface area contributed by atoms with E-state index in [2.05, 4.69) is 0 Å². The van der Waals surface area contributed by atoms with Gasteiger partial charge in [0.15, 0.2) is 12.6 Å². The van der Waals surface area contributed by atoms with E-state index in [1.807, 2.05) is 0 Å². The average Bonchev–Trinajstić information content (AvgIpc) is 2.71. The molecule has 10 nitrogen and oxygen atoms in total. The molecule has 0 amide bonds. The maximum absolute atomic E-state index is 12.5. The molecule has 10 atom stereocenters. The van der Waals surface area contributed by atoms with Crippen LogP contribution in [0.2, 0.25) is 0 Å². The summed E-state index contributed by atoms with van der Waals surface area (Å²) in [6, 6.07) is 0. The largest absolute Gasteiger partial charge is 0.395 e. The summed E-state index contributed by atoms with van der Waals surface area (Å²) in [6.07, 6.45) is -7.79. The number of rotatable bonds is 5. The second-order valence-corrected chi connectivity index (χ2v) is 8.16. The highest BCUT2D eigenvalue weighted by Gasteiger charge is 2.87. The predicted octanol–water partition coefficient (Wildman–Crippen LogP) is -2.73. The van der Waals surface area contributed by atoms with Crippen LogP contribution in [0.3, 0.4) is 0 Å². The average molecular weight is 390 g/mol. The molecule has 0 radical (unpaired) electrons. The van der Waals surface area contributed by atoms with Crippen molar-refractivity contribution in [3.63, 3.8) is 0 Å². The fourth-order valence-electron chi connectivity index (χ4n) is 5.57. The molecule has 5 rings (SSSR count). The number of carbonyl (C=O) groups is 1. The first kappa shape index (κ1) is 19.6. The Morgan fingerprint density at radius 3 is 2.48 bits per heavy atom. The van der Waals surface area contributed by atoms with Gasteiger partial charge in [-0.2, -0.15) is 0 Å². The second kappa shape index (κ2) is 6.15. The summed E-state index contributed by atoms with van der Waals surface area (Å²) >= 11 is 0. The molecule has 2 heterocycles. The molecule has 5 aliphatic rings. The van der Waals surface area contributed by atoms with Gasteiger partial charge in [-0.25, -0.2) is 0 Å². The molecule has 0 spiro atoms. The molecule has 2 saturated heterocycles. The maximum atomic E-state index is 12.5. The van der Waals surface area contributed by atoms with Gasteiger partial charge >= 0.3 is 0 Å². The lowest BCUT2D eigenvalue weighted by molar-refractivity contribution is -0.382. The van der Waals surface area contributed by atoms with Crippen molar-refractivity contribution in [3.8, 4) is 0 Å². The molecule has 0 aromatic carbocycles. The van der Waals surface area contributed by atoms with Crippen molar-refractivity contribution in [1.82, 2.24) is 0 Å². The fraction of sp³-hybridized carbons (Fsp3) is 0.941. The van der Waals surface area contributed by atoms with E-state index in [4.69, 9.17) is 18.9 Å². The van der Waals surface area contributed by atoms with Crippen molar-refractivity contribution in [3.05, 3.63) is 0 Å². The Bertz CT molecular complexity index is 627. The topological polar surface area (TPSA) is 155 Å². The molecule has 154 valence electrons. The summed E-state index contributed by atoms with van der Waals surface area (Å²) in [5, 5.41) is 50.0. The lowest BCUT2D eigenvalue weighted by Crippen LogP contribution is -2.80. The van der Waals surface area contributed by atoms with Gasteiger partial charge in [0.05, 0.1) is 18.6 Å². The molecule has 10 heteroatoms. The molecule has 3 aliphatic carbocycles. The number of ether oxygens (including phenoxy) is 4. The van der Waals surface area contributed by atoms with Gasteiger partial charge in [0.1, 0.15) is 41.4 Å². The molecular formula is C17H26O10. The summed E-state index contributed by atoms with van der Waals surface area (Å²) in [7, 11) is 1.41. The Morgan fingerprint density at radius 1 is 1.19 bits per heavy atom. The van der Waals surface area contributed by atoms with Gasteiger partial charge in [-0.1, -0.05) is 0 Å². The number of fused-ring (bicyclic) bond motifs is 1. The minimum Gasteiger partial charge on any atom is -0.395 e. The van der Waals surface area contributed by atoms with Crippen molar-refractivity contribution in [1.29, 1.82) is 0 Å². The number of Topliss-reactive ketones (excluding diaryl/α,β-unsaturated/α-hetero) is 1. The zero-order chi connectivity index (χ0) is 19.8. The molecule has 27 heavy (non-hydrogen) atoms. The number of ketones is 1. The SMILES string of the molecule is COC1O[C@@]2(C)CC(=O)[C@H]3C[C@]2(O[C@@H]2O[C@H](CO)[C@@H](O)[C@H](O)[C@H]2O)C13CO. The van der Waals surface area contributed by atoms with E-state index in [1.165, 1.54) is 7.11 Å². The van der Waals surface area contributed by atoms with Crippen molar-refractivity contribution < 1.29 is 49.3 Å². The number of aliphatic hydroxyl groups is 5. The van der Waals surface area contributed by atoms with Gasteiger partial charge in [0, 0.05) is 19.4 Å². The first-order chi connectivity index (χ1) is 12.7. The number of hydrogen-bond acceptors (Lipinski definition) is 10. The Hall–Kier alpha value is -0.690. The van der Waals surface area contributed by atoms with E-state index < -0.39 is 72.7 Å². The van der Waals surface area contributed by atoms with Crippen LogP contribution in [0, 0.1) is 11.3 Å². The summed E-state index contributed by atoms with van der Waals surface area (Å²) in [4.78, 5) is 12.5. The number of hydrogen-bond donors (Lipinski definition) is 5. The van der Waals surface area contributed by atoms with Crippen molar-refractivity contribution in [2.24, 2.45) is 11.3 Å². The van der Waals surface area contributed by atoms with Gasteiger partial charge in [0.25, 0.3) is 0 Å². The van der Waals surface area contributed by atoms with Crippen LogP contribution in [0.1, 0.15) is 19.8 Å². The van der Waals surface area contributed by atoms with Crippen LogP contribution in [0.15, 0.2) is 0 Å². The molecule has 4 bridgehead atoms. The predicted molar refractivity (Wildman–Crippen MR) is 85.1 cm³/mol. The smallest absolute Gasteiger partial charge is 0.187 e. The first-order valence-corrected chi connectivity index (χ1v) is 9.04. The molecule has 2 unspecified atom stereocenters. The van der Waals surface area contributed by atoms with Gasteiger partial charge in [-0.15, -0.1) is 0 Å². The second-order valence-electron chi connectivity index (χ2n) is 8.16. The van der Waals surface area contributed by atoms with Gasteiger partial charge in [0.2, 0.25) is 0 Å². The Labute approximate surface area is 155 Å². The minimum atomic E-state index is -1.59. The van der Waals surface area contributed by atoms with Crippen molar-refractivity contribution >= 4 is 5.78 Å². The molecule has 3 saturated carbocycles. The van der Waals surface area contributed by atoms with Crippen molar-refractivity contribution in [2.75, 3.05) is 20.3 Å².